The second-order valence-electron chi connectivity index (χ2n) is 4.27. The lowest BCUT2D eigenvalue weighted by Gasteiger charge is -2.33. The monoisotopic (exact) mass is 337 g/mol. The van der Waals surface area contributed by atoms with Gasteiger partial charge in [-0.2, -0.15) is 13.2 Å². The van der Waals surface area contributed by atoms with Crippen LogP contribution in [-0.4, -0.2) is 30.8 Å². The van der Waals surface area contributed by atoms with Gasteiger partial charge in [0, 0.05) is 16.0 Å². The lowest BCUT2D eigenvalue weighted by atomic mass is 9.87. The molecule has 0 N–H and O–H groups in total. The van der Waals surface area contributed by atoms with Crippen LogP contribution in [0.5, 0.6) is 0 Å². The molecule has 0 saturated carbocycles. The van der Waals surface area contributed by atoms with E-state index in [1.807, 2.05) is 0 Å². The predicted octanol–water partition coefficient (Wildman–Crippen LogP) is 3.50. The van der Waals surface area contributed by atoms with Crippen LogP contribution in [0.25, 0.3) is 0 Å². The van der Waals surface area contributed by atoms with Crippen molar-refractivity contribution in [2.75, 3.05) is 13.7 Å². The number of hydroxylamine groups is 2. The summed E-state index contributed by atoms with van der Waals surface area (Å²) in [6.45, 7) is -0.107. The Morgan fingerprint density at radius 1 is 1.47 bits per heavy atom. The smallest absolute Gasteiger partial charge is 0.274 e. The van der Waals surface area contributed by atoms with Gasteiger partial charge in [-0.25, -0.2) is 5.06 Å². The molecule has 0 bridgehead atoms. The van der Waals surface area contributed by atoms with Crippen LogP contribution in [0.2, 0.25) is 0 Å². The van der Waals surface area contributed by atoms with Gasteiger partial charge in [0.2, 0.25) is 0 Å². The Kier molecular flexibility index (Phi) is 3.87. The highest BCUT2D eigenvalue weighted by atomic mass is 79.9. The number of fused-ring (bicyclic) bond motifs is 1. The molecule has 3 nitrogen and oxygen atoms in total. The van der Waals surface area contributed by atoms with Gasteiger partial charge in [0.05, 0.1) is 20.1 Å². The summed E-state index contributed by atoms with van der Waals surface area (Å²) in [4.78, 5) is 16.9. The molecule has 1 aromatic carbocycles. The van der Waals surface area contributed by atoms with Crippen molar-refractivity contribution in [3.05, 3.63) is 33.8 Å². The molecule has 0 fully saturated rings. The Bertz CT molecular complexity index is 504. The van der Waals surface area contributed by atoms with Gasteiger partial charge in [-0.15, -0.1) is 0 Å². The topological polar surface area (TPSA) is 29.5 Å². The number of hydrogen-bond acceptors (Lipinski definition) is 2. The molecule has 0 saturated heterocycles. The molecule has 0 aliphatic carbocycles. The van der Waals surface area contributed by atoms with Gasteiger partial charge in [0.15, 0.2) is 0 Å². The first-order valence-electron chi connectivity index (χ1n) is 5.54. The number of carbonyl (C=O) groups excluding carboxylic acids is 1. The molecule has 1 heterocycles. The maximum Gasteiger partial charge on any atom is 0.389 e. The van der Waals surface area contributed by atoms with Crippen molar-refractivity contribution in [1.29, 1.82) is 0 Å². The number of alkyl halides is 3. The zero-order valence-electron chi connectivity index (χ0n) is 10.00. The van der Waals surface area contributed by atoms with E-state index in [1.54, 1.807) is 12.1 Å². The molecule has 7 heteroatoms. The Balaban J connectivity index is 2.46. The molecule has 0 aromatic heterocycles. The summed E-state index contributed by atoms with van der Waals surface area (Å²) in [5.41, 5.74) is 0.648. The predicted molar refractivity (Wildman–Crippen MR) is 65.6 cm³/mol. The van der Waals surface area contributed by atoms with Gasteiger partial charge in [0.1, 0.15) is 0 Å². The summed E-state index contributed by atoms with van der Waals surface area (Å²) >= 11 is 3.22. The lowest BCUT2D eigenvalue weighted by molar-refractivity contribution is -0.150. The molecule has 1 aromatic rings. The number of amides is 1. The molecule has 1 aliphatic heterocycles. The molecule has 104 valence electrons. The molecule has 1 amide bonds. The summed E-state index contributed by atoms with van der Waals surface area (Å²) in [6.07, 6.45) is -5.28. The number of hydrogen-bond donors (Lipinski definition) is 0. The molecule has 19 heavy (non-hydrogen) atoms. The maximum absolute atomic E-state index is 12.6. The zero-order chi connectivity index (χ0) is 14.2. The van der Waals surface area contributed by atoms with Crippen molar-refractivity contribution >= 4 is 21.8 Å². The number of nitrogens with zero attached hydrogens (tertiary/aromatic N) is 1. The number of rotatable bonds is 2. The van der Waals surface area contributed by atoms with Crippen LogP contribution in [-0.2, 0) is 4.84 Å². The van der Waals surface area contributed by atoms with Crippen LogP contribution in [0, 0.1) is 0 Å². The Hall–Kier alpha value is -1.08. The minimum Gasteiger partial charge on any atom is -0.274 e. The first kappa shape index (κ1) is 14.3. The molecule has 1 atom stereocenters. The quantitative estimate of drug-likeness (QED) is 0.826. The van der Waals surface area contributed by atoms with E-state index in [2.05, 4.69) is 15.9 Å². The van der Waals surface area contributed by atoms with Crippen LogP contribution in [0.4, 0.5) is 13.2 Å². The summed E-state index contributed by atoms with van der Waals surface area (Å²) < 4.78 is 38.4. The third-order valence-corrected chi connectivity index (χ3v) is 3.69. The Labute approximate surface area is 116 Å². The van der Waals surface area contributed by atoms with Crippen molar-refractivity contribution in [1.82, 2.24) is 5.06 Å². The van der Waals surface area contributed by atoms with E-state index in [0.29, 0.717) is 10.0 Å². The number of halogens is 4. The van der Waals surface area contributed by atoms with Crippen LogP contribution < -0.4 is 0 Å². The zero-order valence-corrected chi connectivity index (χ0v) is 11.6. The summed E-state index contributed by atoms with van der Waals surface area (Å²) in [7, 11) is 1.27. The van der Waals surface area contributed by atoms with E-state index in [9.17, 15) is 18.0 Å². The molecule has 0 radical (unpaired) electrons. The fraction of sp³-hybridized carbons (Fsp3) is 0.417. The van der Waals surface area contributed by atoms with Crippen LogP contribution in [0.15, 0.2) is 22.7 Å². The van der Waals surface area contributed by atoms with E-state index in [4.69, 9.17) is 4.84 Å². The minimum absolute atomic E-state index is 0.107. The number of benzene rings is 1. The largest absolute Gasteiger partial charge is 0.389 e. The van der Waals surface area contributed by atoms with E-state index in [0.717, 1.165) is 5.06 Å². The molecule has 2 rings (SSSR count). The lowest BCUT2D eigenvalue weighted by Crippen LogP contribution is -2.40. The first-order chi connectivity index (χ1) is 8.83. The second-order valence-corrected chi connectivity index (χ2v) is 5.12. The molecule has 0 unspecified atom stereocenters. The van der Waals surface area contributed by atoms with E-state index >= 15 is 0 Å². The summed E-state index contributed by atoms with van der Waals surface area (Å²) in [6, 6.07) is 4.76. The number of carbonyl (C=O) groups is 1. The van der Waals surface area contributed by atoms with Crippen molar-refractivity contribution < 1.29 is 22.8 Å². The molecule has 1 aliphatic rings. The third-order valence-electron chi connectivity index (χ3n) is 3.00. The SMILES string of the molecule is CON1C[C@@H](CC(F)(F)F)c2c(Br)cccc2C1=O. The maximum atomic E-state index is 12.6. The van der Waals surface area contributed by atoms with E-state index in [1.165, 1.54) is 13.2 Å². The average Bonchev–Trinajstić information content (AvgIpc) is 2.31. The Morgan fingerprint density at radius 2 is 2.16 bits per heavy atom. The van der Waals surface area contributed by atoms with Crippen molar-refractivity contribution in [2.24, 2.45) is 0 Å². The highest BCUT2D eigenvalue weighted by Crippen LogP contribution is 2.40. The highest BCUT2D eigenvalue weighted by Gasteiger charge is 2.40. The second kappa shape index (κ2) is 5.13. The Morgan fingerprint density at radius 3 is 2.74 bits per heavy atom. The van der Waals surface area contributed by atoms with E-state index in [-0.39, 0.29) is 12.1 Å². The van der Waals surface area contributed by atoms with E-state index < -0.39 is 24.4 Å². The third kappa shape index (κ3) is 2.92. The fourth-order valence-electron chi connectivity index (χ4n) is 2.25. The molecule has 0 spiro atoms. The molecular weight excluding hydrogens is 327 g/mol. The first-order valence-corrected chi connectivity index (χ1v) is 6.34. The normalized spacial score (nSPS) is 19.5. The van der Waals surface area contributed by atoms with Crippen molar-refractivity contribution in [3.8, 4) is 0 Å². The van der Waals surface area contributed by atoms with Gasteiger partial charge < -0.3 is 0 Å². The average molecular weight is 338 g/mol. The van der Waals surface area contributed by atoms with Crippen LogP contribution in [0.3, 0.4) is 0 Å². The van der Waals surface area contributed by atoms with Gasteiger partial charge >= 0.3 is 6.18 Å². The minimum atomic E-state index is -4.29. The summed E-state index contributed by atoms with van der Waals surface area (Å²) in [5, 5.41) is 0.963. The van der Waals surface area contributed by atoms with Gasteiger partial charge in [0.25, 0.3) is 5.91 Å². The van der Waals surface area contributed by atoms with Crippen LogP contribution in [0.1, 0.15) is 28.3 Å². The van der Waals surface area contributed by atoms with Gasteiger partial charge in [-0.05, 0) is 17.7 Å². The van der Waals surface area contributed by atoms with Gasteiger partial charge in [-0.3, -0.25) is 9.63 Å². The standard InChI is InChI=1S/C12H11BrF3NO2/c1-19-17-6-7(5-12(14,15)16)10-8(11(17)18)3-2-4-9(10)13/h2-4,7H,5-6H2,1H3/t7-/m1/s1. The van der Waals surface area contributed by atoms with Gasteiger partial charge in [-0.1, -0.05) is 22.0 Å². The van der Waals surface area contributed by atoms with Crippen molar-refractivity contribution in [2.45, 2.75) is 18.5 Å². The molecular formula is C12H11BrF3NO2. The van der Waals surface area contributed by atoms with Crippen LogP contribution >= 0.6 is 15.9 Å². The summed E-state index contributed by atoms with van der Waals surface area (Å²) in [5.74, 6) is -1.25. The van der Waals surface area contributed by atoms with Crippen molar-refractivity contribution in [3.63, 3.8) is 0 Å². The highest BCUT2D eigenvalue weighted by molar-refractivity contribution is 9.10. The fourth-order valence-corrected chi connectivity index (χ4v) is 2.94.